The number of aromatic hydroxyl groups is 1. The third-order valence-corrected chi connectivity index (χ3v) is 5.08. The number of nitrogens with zero attached hydrogens (tertiary/aromatic N) is 1. The highest BCUT2D eigenvalue weighted by Gasteiger charge is 2.37. The van der Waals surface area contributed by atoms with Gasteiger partial charge in [-0.05, 0) is 42.8 Å². The fourth-order valence-corrected chi connectivity index (χ4v) is 3.46. The summed E-state index contributed by atoms with van der Waals surface area (Å²) in [7, 11) is 0. The van der Waals surface area contributed by atoms with Crippen LogP contribution in [0, 0.1) is 0 Å². The van der Waals surface area contributed by atoms with Crippen molar-refractivity contribution in [1.29, 1.82) is 0 Å². The van der Waals surface area contributed by atoms with Crippen molar-refractivity contribution in [3.8, 4) is 23.0 Å². The van der Waals surface area contributed by atoms with Gasteiger partial charge < -0.3 is 19.3 Å². The van der Waals surface area contributed by atoms with E-state index in [1.807, 2.05) is 0 Å². The Hall–Kier alpha value is -3.53. The van der Waals surface area contributed by atoms with Crippen LogP contribution in [-0.4, -0.2) is 36.4 Å². The number of phenolic OH excluding ortho intramolecular Hbond substituents is 1. The van der Waals surface area contributed by atoms with Crippen LogP contribution in [0.2, 0.25) is 0 Å². The highest BCUT2D eigenvalue weighted by Crippen LogP contribution is 2.37. The number of imide groups is 2. The molecule has 2 aromatic rings. The van der Waals surface area contributed by atoms with E-state index in [1.54, 1.807) is 13.0 Å². The summed E-state index contributed by atoms with van der Waals surface area (Å²) in [6.45, 7) is 2.11. The molecule has 30 heavy (non-hydrogen) atoms. The van der Waals surface area contributed by atoms with Crippen LogP contribution in [0.3, 0.4) is 0 Å². The number of ether oxygens (including phenoxy) is 3. The topological polar surface area (TPSA) is 114 Å². The molecule has 0 unspecified atom stereocenters. The summed E-state index contributed by atoms with van der Waals surface area (Å²) in [5.41, 5.74) is 0.371. The molecule has 4 rings (SSSR count). The van der Waals surface area contributed by atoms with Gasteiger partial charge in [0.2, 0.25) is 6.79 Å². The van der Waals surface area contributed by atoms with Gasteiger partial charge in [-0.2, -0.15) is 0 Å². The second-order valence-electron chi connectivity index (χ2n) is 6.27. The van der Waals surface area contributed by atoms with Gasteiger partial charge in [-0.25, -0.2) is 9.69 Å². The van der Waals surface area contributed by atoms with E-state index in [9.17, 15) is 19.5 Å². The SMILES string of the molecule is CCOc1cc(/C=C2\C(=O)NC(=O)N(c3ccc4c(c3)OCO4)C2=O)c(Br)cc1O. The number of hydrogen-bond acceptors (Lipinski definition) is 7. The van der Waals surface area contributed by atoms with Crippen LogP contribution < -0.4 is 24.4 Å². The maximum absolute atomic E-state index is 13.0. The minimum absolute atomic E-state index is 0.0413. The fourth-order valence-electron chi connectivity index (χ4n) is 3.01. The standard InChI is InChI=1S/C20H15BrN2O7/c1-2-28-16-6-10(13(21)8-14(16)24)5-12-18(25)22-20(27)23(19(12)26)11-3-4-15-17(7-11)30-9-29-15/h3-8,24H,2,9H2,1H3,(H,22,25,27)/b12-5+. The molecule has 0 spiro atoms. The van der Waals surface area contributed by atoms with Gasteiger partial charge in [0.1, 0.15) is 5.57 Å². The normalized spacial score (nSPS) is 16.8. The van der Waals surface area contributed by atoms with Crippen LogP contribution in [0.4, 0.5) is 10.5 Å². The fraction of sp³-hybridized carbons (Fsp3) is 0.150. The number of benzene rings is 2. The summed E-state index contributed by atoms with van der Waals surface area (Å²) in [4.78, 5) is 38.6. The number of amides is 4. The number of nitrogens with one attached hydrogen (secondary N) is 1. The number of urea groups is 1. The molecule has 2 aliphatic heterocycles. The Kier molecular flexibility index (Phi) is 5.08. The Balaban J connectivity index is 1.74. The summed E-state index contributed by atoms with van der Waals surface area (Å²) in [5, 5.41) is 12.1. The second-order valence-corrected chi connectivity index (χ2v) is 7.12. The van der Waals surface area contributed by atoms with Gasteiger partial charge >= 0.3 is 6.03 Å². The maximum atomic E-state index is 13.0. The molecule has 0 aliphatic carbocycles. The Bertz CT molecular complexity index is 1110. The first kappa shape index (κ1) is 19.8. The number of halogens is 1. The molecule has 0 bridgehead atoms. The second kappa shape index (κ2) is 7.71. The first-order valence-electron chi connectivity index (χ1n) is 8.85. The van der Waals surface area contributed by atoms with E-state index in [2.05, 4.69) is 21.2 Å². The van der Waals surface area contributed by atoms with Crippen LogP contribution >= 0.6 is 15.9 Å². The van der Waals surface area contributed by atoms with Gasteiger partial charge in [0.25, 0.3) is 11.8 Å². The van der Waals surface area contributed by atoms with E-state index in [-0.39, 0.29) is 29.6 Å². The molecule has 4 amide bonds. The van der Waals surface area contributed by atoms with E-state index >= 15 is 0 Å². The van der Waals surface area contributed by atoms with E-state index in [4.69, 9.17) is 14.2 Å². The molecule has 0 radical (unpaired) electrons. The molecule has 2 N–H and O–H groups in total. The highest BCUT2D eigenvalue weighted by molar-refractivity contribution is 9.10. The molecular formula is C20H15BrN2O7. The quantitative estimate of drug-likeness (QED) is 0.516. The van der Waals surface area contributed by atoms with Crippen molar-refractivity contribution < 1.29 is 33.7 Å². The zero-order valence-electron chi connectivity index (χ0n) is 15.6. The summed E-state index contributed by atoms with van der Waals surface area (Å²) >= 11 is 3.29. The van der Waals surface area contributed by atoms with Crippen LogP contribution in [0.15, 0.2) is 40.4 Å². The molecule has 1 fully saturated rings. The van der Waals surface area contributed by atoms with Crippen LogP contribution in [-0.2, 0) is 9.59 Å². The summed E-state index contributed by atoms with van der Waals surface area (Å²) in [6.07, 6.45) is 1.32. The molecule has 2 heterocycles. The van der Waals surface area contributed by atoms with Crippen LogP contribution in [0.5, 0.6) is 23.0 Å². The number of rotatable bonds is 4. The molecule has 2 aromatic carbocycles. The lowest BCUT2D eigenvalue weighted by molar-refractivity contribution is -0.122. The molecule has 9 nitrogen and oxygen atoms in total. The van der Waals surface area contributed by atoms with Gasteiger partial charge in [0.05, 0.1) is 12.3 Å². The largest absolute Gasteiger partial charge is 0.504 e. The minimum atomic E-state index is -0.874. The molecular weight excluding hydrogens is 460 g/mol. The van der Waals surface area contributed by atoms with Crippen molar-refractivity contribution in [1.82, 2.24) is 5.32 Å². The van der Waals surface area contributed by atoms with Crippen LogP contribution in [0.25, 0.3) is 6.08 Å². The van der Waals surface area contributed by atoms with Gasteiger partial charge in [-0.1, -0.05) is 15.9 Å². The number of carbonyl (C=O) groups excluding carboxylic acids is 3. The first-order valence-corrected chi connectivity index (χ1v) is 9.64. The van der Waals surface area contributed by atoms with Gasteiger partial charge in [-0.3, -0.25) is 14.9 Å². The van der Waals surface area contributed by atoms with Crippen LogP contribution in [0.1, 0.15) is 12.5 Å². The van der Waals surface area contributed by atoms with E-state index < -0.39 is 17.8 Å². The molecule has 10 heteroatoms. The summed E-state index contributed by atoms with van der Waals surface area (Å²) < 4.78 is 16.3. The number of barbiturate groups is 1. The molecule has 0 aromatic heterocycles. The maximum Gasteiger partial charge on any atom is 0.335 e. The predicted molar refractivity (Wildman–Crippen MR) is 109 cm³/mol. The molecule has 1 saturated heterocycles. The third kappa shape index (κ3) is 3.45. The van der Waals surface area contributed by atoms with Gasteiger partial charge in [-0.15, -0.1) is 0 Å². The van der Waals surface area contributed by atoms with Crippen molar-refractivity contribution in [3.63, 3.8) is 0 Å². The van der Waals surface area contributed by atoms with E-state index in [1.165, 1.54) is 30.3 Å². The van der Waals surface area contributed by atoms with Crippen molar-refractivity contribution in [2.24, 2.45) is 0 Å². The third-order valence-electron chi connectivity index (χ3n) is 4.39. The Labute approximate surface area is 179 Å². The zero-order chi connectivity index (χ0) is 21.4. The predicted octanol–water partition coefficient (Wildman–Crippen LogP) is 2.95. The number of fused-ring (bicyclic) bond motifs is 1. The lowest BCUT2D eigenvalue weighted by Crippen LogP contribution is -2.54. The molecule has 154 valence electrons. The van der Waals surface area contributed by atoms with Crippen molar-refractivity contribution in [2.75, 3.05) is 18.3 Å². The minimum Gasteiger partial charge on any atom is -0.504 e. The van der Waals surface area contributed by atoms with Crippen molar-refractivity contribution in [2.45, 2.75) is 6.92 Å². The Morgan fingerprint density at radius 3 is 2.73 bits per heavy atom. The Morgan fingerprint density at radius 2 is 1.97 bits per heavy atom. The number of hydrogen-bond donors (Lipinski definition) is 2. The van der Waals surface area contributed by atoms with E-state index in [0.29, 0.717) is 28.1 Å². The average molecular weight is 475 g/mol. The lowest BCUT2D eigenvalue weighted by Gasteiger charge is -2.26. The molecule has 2 aliphatic rings. The number of carbonyl (C=O) groups is 3. The highest BCUT2D eigenvalue weighted by atomic mass is 79.9. The number of anilines is 1. The number of phenols is 1. The lowest BCUT2D eigenvalue weighted by atomic mass is 10.1. The van der Waals surface area contributed by atoms with Crippen molar-refractivity contribution >= 4 is 45.5 Å². The zero-order valence-corrected chi connectivity index (χ0v) is 17.2. The monoisotopic (exact) mass is 474 g/mol. The summed E-state index contributed by atoms with van der Waals surface area (Å²) in [5.74, 6) is -0.659. The summed E-state index contributed by atoms with van der Waals surface area (Å²) in [6, 6.07) is 6.57. The molecule has 0 saturated carbocycles. The molecule has 0 atom stereocenters. The van der Waals surface area contributed by atoms with Crippen molar-refractivity contribution in [3.05, 3.63) is 45.9 Å². The van der Waals surface area contributed by atoms with Gasteiger partial charge in [0.15, 0.2) is 23.0 Å². The smallest absolute Gasteiger partial charge is 0.335 e. The average Bonchev–Trinajstić information content (AvgIpc) is 3.16. The Morgan fingerprint density at radius 1 is 1.20 bits per heavy atom. The first-order chi connectivity index (χ1) is 14.4. The van der Waals surface area contributed by atoms with Gasteiger partial charge in [0, 0.05) is 10.5 Å². The van der Waals surface area contributed by atoms with E-state index in [0.717, 1.165) is 4.90 Å².